The molecule has 96 valence electrons. The van der Waals surface area contributed by atoms with E-state index in [9.17, 15) is 0 Å². The van der Waals surface area contributed by atoms with Gasteiger partial charge >= 0.3 is 0 Å². The predicted molar refractivity (Wildman–Crippen MR) is 70.9 cm³/mol. The molecule has 3 N–H and O–H groups in total. The van der Waals surface area contributed by atoms with Crippen LogP contribution in [-0.4, -0.2) is 6.04 Å². The van der Waals surface area contributed by atoms with Gasteiger partial charge in [-0.2, -0.15) is 0 Å². The van der Waals surface area contributed by atoms with Gasteiger partial charge in [-0.15, -0.1) is 0 Å². The maximum absolute atomic E-state index is 5.72. The Labute approximate surface area is 101 Å². The van der Waals surface area contributed by atoms with Crippen LogP contribution >= 0.6 is 0 Å². The van der Waals surface area contributed by atoms with Crippen LogP contribution in [0.25, 0.3) is 0 Å². The monoisotopic (exact) mass is 226 g/mol. The molecule has 16 heavy (non-hydrogen) atoms. The van der Waals surface area contributed by atoms with Crippen molar-refractivity contribution in [3.8, 4) is 0 Å². The van der Waals surface area contributed by atoms with Crippen LogP contribution < -0.4 is 11.3 Å². The molecule has 1 aliphatic carbocycles. The highest BCUT2D eigenvalue weighted by Gasteiger charge is 2.66. The van der Waals surface area contributed by atoms with Crippen molar-refractivity contribution >= 4 is 0 Å². The van der Waals surface area contributed by atoms with Crippen molar-refractivity contribution in [1.29, 1.82) is 0 Å². The zero-order valence-electron chi connectivity index (χ0n) is 11.9. The summed E-state index contributed by atoms with van der Waals surface area (Å²) in [4.78, 5) is 0. The molecule has 0 aromatic heterocycles. The third-order valence-electron chi connectivity index (χ3n) is 5.05. The minimum atomic E-state index is 0.432. The second-order valence-electron chi connectivity index (χ2n) is 7.02. The minimum Gasteiger partial charge on any atom is -0.271 e. The molecular weight excluding hydrogens is 196 g/mol. The average Bonchev–Trinajstić information content (AvgIpc) is 2.53. The highest BCUT2D eigenvalue weighted by molar-refractivity contribution is 5.15. The van der Waals surface area contributed by atoms with E-state index in [2.05, 4.69) is 47.0 Å². The zero-order valence-corrected chi connectivity index (χ0v) is 11.9. The minimum absolute atomic E-state index is 0.432. The van der Waals surface area contributed by atoms with E-state index in [1.165, 1.54) is 19.3 Å². The smallest absolute Gasteiger partial charge is 0.0249 e. The molecule has 0 saturated heterocycles. The topological polar surface area (TPSA) is 38.0 Å². The summed E-state index contributed by atoms with van der Waals surface area (Å²) in [6, 6.07) is 0.490. The summed E-state index contributed by atoms with van der Waals surface area (Å²) in [6.45, 7) is 14.0. The molecule has 0 aromatic carbocycles. The molecule has 1 rings (SSSR count). The van der Waals surface area contributed by atoms with Crippen LogP contribution in [0.4, 0.5) is 0 Å². The fourth-order valence-electron chi connectivity index (χ4n) is 3.35. The van der Waals surface area contributed by atoms with Gasteiger partial charge in [0.15, 0.2) is 0 Å². The van der Waals surface area contributed by atoms with Crippen LogP contribution in [0.3, 0.4) is 0 Å². The lowest BCUT2D eigenvalue weighted by atomic mass is 9.97. The van der Waals surface area contributed by atoms with Gasteiger partial charge in [-0.25, -0.2) is 0 Å². The van der Waals surface area contributed by atoms with Crippen molar-refractivity contribution in [3.05, 3.63) is 0 Å². The van der Waals surface area contributed by atoms with E-state index in [-0.39, 0.29) is 0 Å². The molecule has 2 heteroatoms. The van der Waals surface area contributed by atoms with Gasteiger partial charge in [-0.3, -0.25) is 11.3 Å². The van der Waals surface area contributed by atoms with Crippen molar-refractivity contribution in [1.82, 2.24) is 5.43 Å². The molecule has 1 saturated carbocycles. The molecule has 2 nitrogen and oxygen atoms in total. The molecule has 0 spiro atoms. The average molecular weight is 226 g/mol. The third kappa shape index (κ3) is 2.43. The summed E-state index contributed by atoms with van der Waals surface area (Å²) >= 11 is 0. The van der Waals surface area contributed by atoms with Crippen molar-refractivity contribution in [3.63, 3.8) is 0 Å². The lowest BCUT2D eigenvalue weighted by Gasteiger charge is -2.18. The first-order valence-electron chi connectivity index (χ1n) is 6.71. The summed E-state index contributed by atoms with van der Waals surface area (Å²) in [5.41, 5.74) is 3.91. The lowest BCUT2D eigenvalue weighted by molar-refractivity contribution is 0.362. The number of nitrogens with two attached hydrogens (primary N) is 1. The van der Waals surface area contributed by atoms with E-state index >= 15 is 0 Å². The molecule has 0 aromatic rings. The fourth-order valence-corrected chi connectivity index (χ4v) is 3.35. The summed E-state index contributed by atoms with van der Waals surface area (Å²) in [5, 5.41) is 0. The highest BCUT2D eigenvalue weighted by atomic mass is 15.2. The van der Waals surface area contributed by atoms with Crippen LogP contribution in [-0.2, 0) is 0 Å². The van der Waals surface area contributed by atoms with Gasteiger partial charge in [0.2, 0.25) is 0 Å². The Bertz CT molecular complexity index is 217. The Balaban J connectivity index is 2.45. The second kappa shape index (κ2) is 4.66. The third-order valence-corrected chi connectivity index (χ3v) is 5.05. The van der Waals surface area contributed by atoms with Crippen molar-refractivity contribution in [2.24, 2.45) is 28.5 Å². The van der Waals surface area contributed by atoms with Gasteiger partial charge in [0, 0.05) is 6.04 Å². The number of nitrogens with one attached hydrogen (secondary N) is 1. The normalized spacial score (nSPS) is 24.8. The zero-order chi connectivity index (χ0) is 12.6. The number of hydrogen-bond acceptors (Lipinski definition) is 2. The second-order valence-corrected chi connectivity index (χ2v) is 7.02. The summed E-state index contributed by atoms with van der Waals surface area (Å²) < 4.78 is 0. The molecule has 1 atom stereocenters. The first-order chi connectivity index (χ1) is 7.25. The summed E-state index contributed by atoms with van der Waals surface area (Å²) in [6.07, 6.45) is 3.81. The van der Waals surface area contributed by atoms with Crippen LogP contribution in [0.15, 0.2) is 0 Å². The maximum Gasteiger partial charge on any atom is 0.0249 e. The molecule has 0 radical (unpaired) electrons. The Morgan fingerprint density at radius 1 is 1.06 bits per heavy atom. The van der Waals surface area contributed by atoms with Crippen molar-refractivity contribution in [2.45, 2.75) is 66.8 Å². The van der Waals surface area contributed by atoms with Gasteiger partial charge in [-0.1, -0.05) is 54.4 Å². The highest BCUT2D eigenvalue weighted by Crippen LogP contribution is 2.69. The van der Waals surface area contributed by atoms with Crippen LogP contribution in [0, 0.1) is 22.7 Å². The van der Waals surface area contributed by atoms with Gasteiger partial charge in [0.1, 0.15) is 0 Å². The van der Waals surface area contributed by atoms with E-state index in [0.29, 0.717) is 16.9 Å². The van der Waals surface area contributed by atoms with E-state index in [1.807, 2.05) is 0 Å². The largest absolute Gasteiger partial charge is 0.271 e. The molecule has 1 fully saturated rings. The molecular formula is C14H30N2. The van der Waals surface area contributed by atoms with Crippen LogP contribution in [0.1, 0.15) is 60.8 Å². The van der Waals surface area contributed by atoms with E-state index < -0.39 is 0 Å². The summed E-state index contributed by atoms with van der Waals surface area (Å²) in [5.74, 6) is 7.25. The Hall–Kier alpha value is -0.0800. The van der Waals surface area contributed by atoms with E-state index in [1.54, 1.807) is 0 Å². The predicted octanol–water partition coefficient (Wildman–Crippen LogP) is 3.33. The Morgan fingerprint density at radius 2 is 1.56 bits per heavy atom. The molecule has 0 aliphatic heterocycles. The van der Waals surface area contributed by atoms with Gasteiger partial charge in [0.05, 0.1) is 0 Å². The summed E-state index contributed by atoms with van der Waals surface area (Å²) in [7, 11) is 0. The molecule has 0 heterocycles. The number of hydrazine groups is 1. The van der Waals surface area contributed by atoms with Gasteiger partial charge in [0.25, 0.3) is 0 Å². The molecule has 1 unspecified atom stereocenters. The molecule has 0 amide bonds. The Morgan fingerprint density at radius 3 is 1.88 bits per heavy atom. The quantitative estimate of drug-likeness (QED) is 0.538. The van der Waals surface area contributed by atoms with Crippen molar-refractivity contribution < 1.29 is 0 Å². The van der Waals surface area contributed by atoms with Gasteiger partial charge < -0.3 is 0 Å². The number of hydrogen-bond donors (Lipinski definition) is 2. The van der Waals surface area contributed by atoms with Crippen LogP contribution in [0.5, 0.6) is 0 Å². The first-order valence-corrected chi connectivity index (χ1v) is 6.71. The molecule has 1 aliphatic rings. The van der Waals surface area contributed by atoms with Gasteiger partial charge in [-0.05, 0) is 29.1 Å². The number of rotatable bonds is 6. The lowest BCUT2D eigenvalue weighted by Crippen LogP contribution is -2.38. The fraction of sp³-hybridized carbons (Fsp3) is 1.00. The van der Waals surface area contributed by atoms with Crippen LogP contribution in [0.2, 0.25) is 0 Å². The molecule has 0 bridgehead atoms. The maximum atomic E-state index is 5.72. The first kappa shape index (κ1) is 14.0. The van der Waals surface area contributed by atoms with E-state index in [4.69, 9.17) is 5.84 Å². The van der Waals surface area contributed by atoms with Crippen molar-refractivity contribution in [2.75, 3.05) is 0 Å². The standard InChI is InChI=1S/C14H30N2/c1-10(2)8-7-9-11(16-15)12-13(3,4)14(12,5)6/h10-12,16H,7-9,15H2,1-6H3. The SMILES string of the molecule is CC(C)CCCC(NN)C1C(C)(C)C1(C)C. The van der Waals surface area contributed by atoms with E-state index in [0.717, 1.165) is 11.8 Å². The Kier molecular flexibility index (Phi) is 4.07.